The summed E-state index contributed by atoms with van der Waals surface area (Å²) in [5.41, 5.74) is 1.92. The summed E-state index contributed by atoms with van der Waals surface area (Å²) in [4.78, 5) is 28.8. The van der Waals surface area contributed by atoms with Gasteiger partial charge in [-0.3, -0.25) is 0 Å². The van der Waals surface area contributed by atoms with E-state index in [0.29, 0.717) is 24.4 Å². The van der Waals surface area contributed by atoms with Crippen LogP contribution in [0.4, 0.5) is 13.2 Å². The fourth-order valence-corrected chi connectivity index (χ4v) is 6.91. The fraction of sp³-hybridized carbons (Fsp3) is 0.351. The first-order valence-electron chi connectivity index (χ1n) is 15.5. The van der Waals surface area contributed by atoms with E-state index in [1.54, 1.807) is 13.8 Å². The van der Waals surface area contributed by atoms with Gasteiger partial charge < -0.3 is 19.7 Å². The lowest BCUT2D eigenvalue weighted by molar-refractivity contribution is -0.141. The van der Waals surface area contributed by atoms with E-state index in [9.17, 15) is 22.8 Å². The van der Waals surface area contributed by atoms with Gasteiger partial charge in [0.2, 0.25) is 0 Å². The number of methoxy groups -OCH3 is 1. The Hall–Kier alpha value is -4.08. The van der Waals surface area contributed by atoms with Crippen molar-refractivity contribution in [2.75, 3.05) is 33.4 Å². The van der Waals surface area contributed by atoms with Gasteiger partial charge in [0, 0.05) is 23.4 Å². The van der Waals surface area contributed by atoms with Crippen LogP contribution in [0.5, 0.6) is 0 Å². The SMILES string of the molecule is COC(=O)C1=C(C)NC(C)=C(C(=O)OCCCN2CCC(c3ccccc3)(c3ccccc3)CC2)C1c1ccccc1C(F)(F)F.Cl. The number of benzene rings is 3. The molecule has 0 aliphatic carbocycles. The second kappa shape index (κ2) is 15.2. The van der Waals surface area contributed by atoms with Crippen LogP contribution in [-0.4, -0.2) is 50.2 Å². The molecule has 0 amide bonds. The number of halogens is 4. The molecule has 10 heteroatoms. The zero-order chi connectivity index (χ0) is 32.9. The maximum Gasteiger partial charge on any atom is 0.416 e. The Morgan fingerprint density at radius 1 is 0.830 bits per heavy atom. The number of alkyl halides is 3. The molecular formula is C37H40ClF3N2O4. The number of rotatable bonds is 9. The first-order valence-corrected chi connectivity index (χ1v) is 15.5. The molecule has 0 spiro atoms. The lowest BCUT2D eigenvalue weighted by atomic mass is 9.68. The highest BCUT2D eigenvalue weighted by Gasteiger charge is 2.43. The number of hydrogen-bond acceptors (Lipinski definition) is 6. The number of piperidine rings is 1. The second-order valence-electron chi connectivity index (χ2n) is 11.9. The Balaban J connectivity index is 0.00000500. The van der Waals surface area contributed by atoms with E-state index >= 15 is 0 Å². The van der Waals surface area contributed by atoms with Gasteiger partial charge in [-0.1, -0.05) is 78.9 Å². The summed E-state index contributed by atoms with van der Waals surface area (Å²) in [5, 5.41) is 2.98. The number of ether oxygens (including phenoxy) is 2. The van der Waals surface area contributed by atoms with Crippen LogP contribution >= 0.6 is 12.4 Å². The van der Waals surface area contributed by atoms with E-state index in [1.807, 2.05) is 12.1 Å². The van der Waals surface area contributed by atoms with Gasteiger partial charge in [-0.25, -0.2) is 9.59 Å². The zero-order valence-corrected chi connectivity index (χ0v) is 27.5. The third-order valence-corrected chi connectivity index (χ3v) is 9.18. The Kier molecular flexibility index (Phi) is 11.6. The monoisotopic (exact) mass is 668 g/mol. The van der Waals surface area contributed by atoms with E-state index in [1.165, 1.54) is 29.3 Å². The van der Waals surface area contributed by atoms with E-state index in [4.69, 9.17) is 9.47 Å². The lowest BCUT2D eigenvalue weighted by Crippen LogP contribution is -2.43. The van der Waals surface area contributed by atoms with E-state index in [2.05, 4.69) is 58.7 Å². The number of carbonyl (C=O) groups excluding carboxylic acids is 2. The van der Waals surface area contributed by atoms with Gasteiger partial charge in [0.15, 0.2) is 0 Å². The molecule has 0 saturated carbocycles. The van der Waals surface area contributed by atoms with Crippen molar-refractivity contribution >= 4 is 24.3 Å². The van der Waals surface area contributed by atoms with Crippen molar-refractivity contribution < 1.29 is 32.2 Å². The van der Waals surface area contributed by atoms with Crippen molar-refractivity contribution in [1.29, 1.82) is 0 Å². The molecule has 2 heterocycles. The number of carbonyl (C=O) groups is 2. The van der Waals surface area contributed by atoms with Crippen LogP contribution in [0, 0.1) is 0 Å². The molecule has 0 radical (unpaired) electrons. The van der Waals surface area contributed by atoms with E-state index in [0.717, 1.165) is 39.1 Å². The Morgan fingerprint density at radius 2 is 1.34 bits per heavy atom. The summed E-state index contributed by atoms with van der Waals surface area (Å²) < 4.78 is 53.0. The molecule has 47 heavy (non-hydrogen) atoms. The minimum absolute atomic E-state index is 0. The molecule has 1 fully saturated rings. The quantitative estimate of drug-likeness (QED) is 0.188. The number of nitrogens with one attached hydrogen (secondary N) is 1. The molecule has 250 valence electrons. The van der Waals surface area contributed by atoms with Gasteiger partial charge in [0.1, 0.15) is 0 Å². The lowest BCUT2D eigenvalue weighted by Gasteiger charge is -2.43. The third kappa shape index (κ3) is 7.57. The molecule has 3 aromatic rings. The van der Waals surface area contributed by atoms with Gasteiger partial charge in [0.25, 0.3) is 0 Å². The normalized spacial score (nSPS) is 18.2. The van der Waals surface area contributed by atoms with Crippen molar-refractivity contribution in [2.24, 2.45) is 0 Å². The van der Waals surface area contributed by atoms with Crippen LogP contribution in [0.3, 0.4) is 0 Å². The molecule has 0 bridgehead atoms. The molecule has 5 rings (SSSR count). The maximum atomic E-state index is 14.1. The standard InChI is InChI=1S/C37H39F3N2O4.ClH/c1-25-31(34(43)45-3)33(29-17-10-11-18-30(29)37(38,39)40)32(26(2)41-25)35(44)46-24-12-21-42-22-19-36(20-23-42,27-13-6-4-7-14-27)28-15-8-5-9-16-28;/h4-11,13-18,33,41H,12,19-24H2,1-3H3;1H. The molecule has 1 saturated heterocycles. The van der Waals surface area contributed by atoms with Gasteiger partial charge in [-0.2, -0.15) is 13.2 Å². The van der Waals surface area contributed by atoms with Crippen LogP contribution in [0.25, 0.3) is 0 Å². The number of allylic oxidation sites excluding steroid dienone is 2. The predicted octanol–water partition coefficient (Wildman–Crippen LogP) is 7.55. The summed E-state index contributed by atoms with van der Waals surface area (Å²) in [6.07, 6.45) is -2.26. The molecule has 3 aromatic carbocycles. The van der Waals surface area contributed by atoms with Crippen molar-refractivity contribution in [2.45, 2.75) is 50.6 Å². The molecular weight excluding hydrogens is 629 g/mol. The summed E-state index contributed by atoms with van der Waals surface area (Å²) >= 11 is 0. The largest absolute Gasteiger partial charge is 0.466 e. The molecule has 1 atom stereocenters. The van der Waals surface area contributed by atoms with Crippen molar-refractivity contribution in [3.8, 4) is 0 Å². The van der Waals surface area contributed by atoms with Gasteiger partial charge in [0.05, 0.1) is 36.3 Å². The molecule has 1 unspecified atom stereocenters. The Morgan fingerprint density at radius 3 is 1.87 bits per heavy atom. The van der Waals surface area contributed by atoms with Crippen molar-refractivity contribution in [3.63, 3.8) is 0 Å². The number of esters is 2. The number of dihydropyridines is 1. The summed E-state index contributed by atoms with van der Waals surface area (Å²) in [6, 6.07) is 26.1. The first kappa shape index (κ1) is 35.8. The van der Waals surface area contributed by atoms with Gasteiger partial charge >= 0.3 is 18.1 Å². The zero-order valence-electron chi connectivity index (χ0n) is 26.7. The van der Waals surface area contributed by atoms with Gasteiger partial charge in [-0.05, 0) is 69.0 Å². The van der Waals surface area contributed by atoms with Crippen LogP contribution in [-0.2, 0) is 30.7 Å². The first-order chi connectivity index (χ1) is 22.1. The Bertz CT molecular complexity index is 1570. The number of hydrogen-bond donors (Lipinski definition) is 1. The topological polar surface area (TPSA) is 67.9 Å². The number of nitrogens with zero attached hydrogens (tertiary/aromatic N) is 1. The van der Waals surface area contributed by atoms with Crippen LogP contribution in [0.15, 0.2) is 107 Å². The summed E-state index contributed by atoms with van der Waals surface area (Å²) in [5.74, 6) is -2.91. The molecule has 1 N–H and O–H groups in total. The smallest absolute Gasteiger partial charge is 0.416 e. The van der Waals surface area contributed by atoms with Crippen LogP contribution < -0.4 is 5.32 Å². The van der Waals surface area contributed by atoms with E-state index < -0.39 is 29.6 Å². The molecule has 2 aliphatic heterocycles. The second-order valence-corrected chi connectivity index (χ2v) is 11.9. The van der Waals surface area contributed by atoms with Gasteiger partial charge in [-0.15, -0.1) is 12.4 Å². The van der Waals surface area contributed by atoms with Crippen LogP contribution in [0.1, 0.15) is 61.3 Å². The molecule has 0 aromatic heterocycles. The summed E-state index contributed by atoms with van der Waals surface area (Å²) in [6.45, 7) is 5.69. The fourth-order valence-electron chi connectivity index (χ4n) is 6.91. The minimum Gasteiger partial charge on any atom is -0.466 e. The summed E-state index contributed by atoms with van der Waals surface area (Å²) in [7, 11) is 1.16. The predicted molar refractivity (Wildman–Crippen MR) is 177 cm³/mol. The van der Waals surface area contributed by atoms with Crippen LogP contribution in [0.2, 0.25) is 0 Å². The average molecular weight is 669 g/mol. The Labute approximate surface area is 280 Å². The minimum atomic E-state index is -4.70. The van der Waals surface area contributed by atoms with Crippen molar-refractivity contribution in [1.82, 2.24) is 10.2 Å². The maximum absolute atomic E-state index is 14.1. The highest BCUT2D eigenvalue weighted by atomic mass is 35.5. The highest BCUT2D eigenvalue weighted by Crippen LogP contribution is 2.45. The highest BCUT2D eigenvalue weighted by molar-refractivity contribution is 6.00. The third-order valence-electron chi connectivity index (χ3n) is 9.18. The van der Waals surface area contributed by atoms with E-state index in [-0.39, 0.29) is 41.1 Å². The molecule has 6 nitrogen and oxygen atoms in total. The number of likely N-dealkylation sites (tertiary alicyclic amines) is 1. The van der Waals surface area contributed by atoms with Crippen molar-refractivity contribution in [3.05, 3.63) is 130 Å². The molecule has 2 aliphatic rings. The average Bonchev–Trinajstić information content (AvgIpc) is 3.06.